The summed E-state index contributed by atoms with van der Waals surface area (Å²) in [6, 6.07) is 0. The Morgan fingerprint density at radius 2 is 2.40 bits per heavy atom. The minimum absolute atomic E-state index is 0.650. The standard InChI is InChI=1S/C7H11ClS2/c1-5(2)7-9-4-6(3-8)10-7/h6H,3-4H2,1-2H3. The molecule has 1 rings (SSSR count). The summed E-state index contributed by atoms with van der Waals surface area (Å²) in [4.78, 5) is 0. The van der Waals surface area contributed by atoms with Gasteiger partial charge in [-0.1, -0.05) is 5.57 Å². The molecule has 0 radical (unpaired) electrons. The van der Waals surface area contributed by atoms with Crippen LogP contribution in [0.2, 0.25) is 0 Å². The third kappa shape index (κ3) is 2.11. The van der Waals surface area contributed by atoms with Gasteiger partial charge in [0, 0.05) is 21.1 Å². The molecule has 10 heavy (non-hydrogen) atoms. The van der Waals surface area contributed by atoms with Crippen molar-refractivity contribution in [3.05, 3.63) is 9.81 Å². The second-order valence-electron chi connectivity index (χ2n) is 2.49. The zero-order valence-electron chi connectivity index (χ0n) is 6.19. The Labute approximate surface area is 75.8 Å². The molecular weight excluding hydrogens is 184 g/mol. The zero-order chi connectivity index (χ0) is 7.56. The lowest BCUT2D eigenvalue weighted by Gasteiger charge is -1.99. The fourth-order valence-electron chi connectivity index (χ4n) is 0.726. The van der Waals surface area contributed by atoms with Crippen molar-refractivity contribution in [1.29, 1.82) is 0 Å². The van der Waals surface area contributed by atoms with Crippen molar-refractivity contribution in [2.24, 2.45) is 0 Å². The molecule has 0 spiro atoms. The SMILES string of the molecule is CC(C)=C1SCC(CCl)S1. The van der Waals surface area contributed by atoms with Gasteiger partial charge in [0.25, 0.3) is 0 Å². The van der Waals surface area contributed by atoms with Gasteiger partial charge in [-0.2, -0.15) is 0 Å². The van der Waals surface area contributed by atoms with Gasteiger partial charge in [0.2, 0.25) is 0 Å². The number of thioether (sulfide) groups is 2. The van der Waals surface area contributed by atoms with Crippen molar-refractivity contribution < 1.29 is 0 Å². The largest absolute Gasteiger partial charge is 0.125 e. The Morgan fingerprint density at radius 1 is 1.70 bits per heavy atom. The summed E-state index contributed by atoms with van der Waals surface area (Å²) in [5.74, 6) is 1.98. The van der Waals surface area contributed by atoms with Crippen molar-refractivity contribution in [2.45, 2.75) is 19.1 Å². The number of rotatable bonds is 1. The highest BCUT2D eigenvalue weighted by Crippen LogP contribution is 2.43. The Morgan fingerprint density at radius 3 is 2.70 bits per heavy atom. The first-order valence-electron chi connectivity index (χ1n) is 3.27. The number of allylic oxidation sites excluding steroid dienone is 1. The summed E-state index contributed by atoms with van der Waals surface area (Å²) in [5.41, 5.74) is 1.43. The highest BCUT2D eigenvalue weighted by atomic mass is 35.5. The van der Waals surface area contributed by atoms with E-state index in [2.05, 4.69) is 13.8 Å². The van der Waals surface area contributed by atoms with Gasteiger partial charge < -0.3 is 0 Å². The van der Waals surface area contributed by atoms with Gasteiger partial charge >= 0.3 is 0 Å². The van der Waals surface area contributed by atoms with Gasteiger partial charge in [-0.3, -0.25) is 0 Å². The van der Waals surface area contributed by atoms with Crippen LogP contribution < -0.4 is 0 Å². The summed E-state index contributed by atoms with van der Waals surface area (Å²) < 4.78 is 1.48. The first-order valence-corrected chi connectivity index (χ1v) is 5.67. The molecule has 0 aliphatic carbocycles. The van der Waals surface area contributed by atoms with E-state index in [9.17, 15) is 0 Å². The Hall–Kier alpha value is 0.730. The van der Waals surface area contributed by atoms with Crippen LogP contribution in [0.3, 0.4) is 0 Å². The number of alkyl halides is 1. The molecule has 58 valence electrons. The summed E-state index contributed by atoms with van der Waals surface area (Å²) >= 11 is 9.59. The smallest absolute Gasteiger partial charge is 0.0391 e. The van der Waals surface area contributed by atoms with Crippen molar-refractivity contribution in [3.63, 3.8) is 0 Å². The monoisotopic (exact) mass is 194 g/mol. The second kappa shape index (κ2) is 3.93. The first-order chi connectivity index (χ1) is 4.74. The van der Waals surface area contributed by atoms with E-state index in [0.717, 1.165) is 5.88 Å². The van der Waals surface area contributed by atoms with Crippen LogP contribution in [0.15, 0.2) is 9.81 Å². The van der Waals surface area contributed by atoms with Crippen LogP contribution in [0, 0.1) is 0 Å². The Kier molecular flexibility index (Phi) is 3.47. The molecule has 3 heteroatoms. The van der Waals surface area contributed by atoms with Crippen LogP contribution in [-0.2, 0) is 0 Å². The maximum atomic E-state index is 5.72. The van der Waals surface area contributed by atoms with E-state index in [4.69, 9.17) is 11.6 Å². The maximum Gasteiger partial charge on any atom is 0.0391 e. The molecule has 0 amide bonds. The average molecular weight is 195 g/mol. The van der Waals surface area contributed by atoms with E-state index in [-0.39, 0.29) is 0 Å². The normalized spacial score (nSPS) is 25.5. The van der Waals surface area contributed by atoms with E-state index in [1.165, 1.54) is 15.6 Å². The van der Waals surface area contributed by atoms with E-state index in [1.54, 1.807) is 0 Å². The topological polar surface area (TPSA) is 0 Å². The Bertz CT molecular complexity index is 150. The van der Waals surface area contributed by atoms with Crippen LogP contribution in [0.1, 0.15) is 13.8 Å². The number of halogens is 1. The molecule has 1 fully saturated rings. The van der Waals surface area contributed by atoms with Gasteiger partial charge in [-0.05, 0) is 13.8 Å². The predicted octanol–water partition coefficient (Wildman–Crippen LogP) is 3.33. The Balaban J connectivity index is 2.51. The van der Waals surface area contributed by atoms with Crippen molar-refractivity contribution in [1.82, 2.24) is 0 Å². The molecule has 1 heterocycles. The first kappa shape index (κ1) is 8.82. The van der Waals surface area contributed by atoms with Gasteiger partial charge in [0.1, 0.15) is 0 Å². The highest BCUT2D eigenvalue weighted by molar-refractivity contribution is 8.25. The molecule has 1 atom stereocenters. The third-order valence-electron chi connectivity index (χ3n) is 1.25. The predicted molar refractivity (Wildman–Crippen MR) is 52.9 cm³/mol. The fourth-order valence-corrected chi connectivity index (χ4v) is 3.86. The average Bonchev–Trinajstić information content (AvgIpc) is 2.34. The van der Waals surface area contributed by atoms with Crippen LogP contribution in [-0.4, -0.2) is 16.9 Å². The van der Waals surface area contributed by atoms with Crippen molar-refractivity contribution >= 4 is 35.1 Å². The van der Waals surface area contributed by atoms with E-state index >= 15 is 0 Å². The lowest BCUT2D eigenvalue weighted by Crippen LogP contribution is -2.00. The summed E-state index contributed by atoms with van der Waals surface area (Å²) in [6.45, 7) is 4.32. The van der Waals surface area contributed by atoms with Gasteiger partial charge in [0.15, 0.2) is 0 Å². The lowest BCUT2D eigenvalue weighted by atomic mass is 10.4. The summed E-state index contributed by atoms with van der Waals surface area (Å²) in [6.07, 6.45) is 0. The highest BCUT2D eigenvalue weighted by Gasteiger charge is 2.20. The number of hydrogen-bond donors (Lipinski definition) is 0. The molecule has 0 N–H and O–H groups in total. The molecule has 1 aliphatic rings. The molecule has 0 aromatic heterocycles. The van der Waals surface area contributed by atoms with E-state index in [0.29, 0.717) is 5.25 Å². The summed E-state index contributed by atoms with van der Waals surface area (Å²) in [7, 11) is 0. The zero-order valence-corrected chi connectivity index (χ0v) is 8.57. The van der Waals surface area contributed by atoms with Crippen LogP contribution >= 0.6 is 35.1 Å². The quantitative estimate of drug-likeness (QED) is 0.588. The molecule has 0 aromatic rings. The molecule has 1 aliphatic heterocycles. The third-order valence-corrected chi connectivity index (χ3v) is 5.19. The fraction of sp³-hybridized carbons (Fsp3) is 0.714. The van der Waals surface area contributed by atoms with Gasteiger partial charge in [-0.15, -0.1) is 35.1 Å². The molecular formula is C7H11ClS2. The molecule has 1 saturated heterocycles. The lowest BCUT2D eigenvalue weighted by molar-refractivity contribution is 1.16. The molecule has 0 saturated carbocycles. The van der Waals surface area contributed by atoms with Crippen LogP contribution in [0.4, 0.5) is 0 Å². The summed E-state index contributed by atoms with van der Waals surface area (Å²) in [5, 5.41) is 0.650. The minimum atomic E-state index is 0.650. The van der Waals surface area contributed by atoms with Crippen molar-refractivity contribution in [2.75, 3.05) is 11.6 Å². The minimum Gasteiger partial charge on any atom is -0.125 e. The van der Waals surface area contributed by atoms with E-state index in [1.807, 2.05) is 23.5 Å². The van der Waals surface area contributed by atoms with Crippen LogP contribution in [0.5, 0.6) is 0 Å². The molecule has 0 aromatic carbocycles. The second-order valence-corrected chi connectivity index (χ2v) is 5.40. The molecule has 0 nitrogen and oxygen atoms in total. The van der Waals surface area contributed by atoms with Gasteiger partial charge in [0.05, 0.1) is 0 Å². The molecule has 0 bridgehead atoms. The van der Waals surface area contributed by atoms with Gasteiger partial charge in [-0.25, -0.2) is 0 Å². The maximum absolute atomic E-state index is 5.72. The van der Waals surface area contributed by atoms with Crippen LogP contribution in [0.25, 0.3) is 0 Å². The van der Waals surface area contributed by atoms with Crippen molar-refractivity contribution in [3.8, 4) is 0 Å². The number of hydrogen-bond acceptors (Lipinski definition) is 2. The van der Waals surface area contributed by atoms with E-state index < -0.39 is 0 Å². The molecule has 1 unspecified atom stereocenters.